The molecule has 4 rings (SSSR count). The van der Waals surface area contributed by atoms with Gasteiger partial charge in [-0.1, -0.05) is 30.3 Å². The summed E-state index contributed by atoms with van der Waals surface area (Å²) in [5.41, 5.74) is 1.36. The van der Waals surface area contributed by atoms with Gasteiger partial charge in [-0.15, -0.1) is 11.8 Å². The number of ether oxygens (including phenoxy) is 1. The minimum atomic E-state index is -1.26. The van der Waals surface area contributed by atoms with Crippen molar-refractivity contribution in [2.45, 2.75) is 30.7 Å². The highest BCUT2D eigenvalue weighted by atomic mass is 32.2. The molecular formula is C21H20O6S. The molecule has 1 aliphatic rings. The average molecular weight is 400 g/mol. The molecule has 1 aliphatic heterocycles. The number of aliphatic hydroxyl groups excluding tert-OH is 3. The molecule has 0 aliphatic carbocycles. The predicted octanol–water partition coefficient (Wildman–Crippen LogP) is 2.30. The van der Waals surface area contributed by atoms with Gasteiger partial charge in [0.1, 0.15) is 23.5 Å². The second-order valence-electron chi connectivity index (χ2n) is 6.78. The Balaban J connectivity index is 1.68. The Morgan fingerprint density at radius 3 is 2.57 bits per heavy atom. The third-order valence-corrected chi connectivity index (χ3v) is 6.15. The van der Waals surface area contributed by atoms with E-state index in [-0.39, 0.29) is 5.75 Å². The van der Waals surface area contributed by atoms with Gasteiger partial charge in [0.05, 0.1) is 11.7 Å². The highest BCUT2D eigenvalue weighted by Gasteiger charge is 2.38. The van der Waals surface area contributed by atoms with Gasteiger partial charge in [0.15, 0.2) is 5.44 Å². The van der Waals surface area contributed by atoms with Crippen molar-refractivity contribution in [3.63, 3.8) is 0 Å². The molecule has 3 N–H and O–H groups in total. The monoisotopic (exact) mass is 400 g/mol. The molecule has 4 atom stereocenters. The van der Waals surface area contributed by atoms with E-state index in [0.717, 1.165) is 16.5 Å². The van der Waals surface area contributed by atoms with Gasteiger partial charge in [0, 0.05) is 17.2 Å². The summed E-state index contributed by atoms with van der Waals surface area (Å²) >= 11 is 1.21. The van der Waals surface area contributed by atoms with E-state index < -0.39 is 29.4 Å². The Bertz CT molecular complexity index is 1050. The Hall–Kier alpha value is -2.32. The summed E-state index contributed by atoms with van der Waals surface area (Å²) in [5.74, 6) is 0.660. The molecule has 0 spiro atoms. The molecule has 1 aromatic heterocycles. The maximum Gasteiger partial charge on any atom is 0.344 e. The molecule has 1 saturated heterocycles. The Labute approximate surface area is 165 Å². The van der Waals surface area contributed by atoms with Gasteiger partial charge in [-0.3, -0.25) is 0 Å². The Kier molecular flexibility index (Phi) is 5.16. The lowest BCUT2D eigenvalue weighted by Crippen LogP contribution is -2.50. The number of hydrogen-bond acceptors (Lipinski definition) is 7. The van der Waals surface area contributed by atoms with E-state index in [2.05, 4.69) is 0 Å². The van der Waals surface area contributed by atoms with Gasteiger partial charge >= 0.3 is 5.63 Å². The molecular weight excluding hydrogens is 380 g/mol. The third kappa shape index (κ3) is 3.42. The first kappa shape index (κ1) is 19.0. The van der Waals surface area contributed by atoms with Crippen molar-refractivity contribution in [1.29, 1.82) is 0 Å². The van der Waals surface area contributed by atoms with Crippen LogP contribution < -0.4 is 10.4 Å². The van der Waals surface area contributed by atoms with Gasteiger partial charge in [-0.2, -0.15) is 0 Å². The molecule has 0 radical (unpaired) electrons. The van der Waals surface area contributed by atoms with Crippen molar-refractivity contribution in [3.8, 4) is 16.9 Å². The number of hydrogen-bond donors (Lipinski definition) is 3. The molecule has 7 heteroatoms. The minimum Gasteiger partial charge on any atom is -0.477 e. The van der Waals surface area contributed by atoms with Gasteiger partial charge in [0.25, 0.3) is 0 Å². The van der Waals surface area contributed by atoms with Gasteiger partial charge in [-0.05, 0) is 30.2 Å². The summed E-state index contributed by atoms with van der Waals surface area (Å²) in [6.07, 6.45) is -3.48. The van der Waals surface area contributed by atoms with Crippen LogP contribution in [0.25, 0.3) is 22.1 Å². The summed E-state index contributed by atoms with van der Waals surface area (Å²) in [6.45, 7) is 1.88. The zero-order chi connectivity index (χ0) is 19.8. The lowest BCUT2D eigenvalue weighted by molar-refractivity contribution is -0.0786. The summed E-state index contributed by atoms with van der Waals surface area (Å²) in [6, 6.07) is 14.5. The summed E-state index contributed by atoms with van der Waals surface area (Å²) in [5, 5.41) is 30.3. The highest BCUT2D eigenvalue weighted by molar-refractivity contribution is 7.99. The third-order valence-electron chi connectivity index (χ3n) is 4.91. The van der Waals surface area contributed by atoms with E-state index in [4.69, 9.17) is 9.15 Å². The molecule has 2 aromatic carbocycles. The minimum absolute atomic E-state index is 0.255. The molecule has 6 nitrogen and oxygen atoms in total. The van der Waals surface area contributed by atoms with E-state index in [0.29, 0.717) is 16.9 Å². The van der Waals surface area contributed by atoms with Crippen molar-refractivity contribution in [2.75, 3.05) is 5.75 Å². The number of aliphatic hydroxyl groups is 3. The number of fused-ring (bicyclic) bond motifs is 1. The quantitative estimate of drug-likeness (QED) is 0.580. The van der Waals surface area contributed by atoms with E-state index in [1.165, 1.54) is 11.8 Å². The second-order valence-corrected chi connectivity index (χ2v) is 7.91. The van der Waals surface area contributed by atoms with Crippen molar-refractivity contribution in [2.24, 2.45) is 0 Å². The topological polar surface area (TPSA) is 100 Å². The van der Waals surface area contributed by atoms with Crippen LogP contribution in [-0.4, -0.2) is 44.8 Å². The molecule has 146 valence electrons. The SMILES string of the molecule is Cc1c(-c2ccccc2)c(=O)oc2cc(O[C@H]3SC[C@@H](O)[C@H](O)[C@H]3O)ccc12. The molecule has 1 fully saturated rings. The smallest absolute Gasteiger partial charge is 0.344 e. The van der Waals surface area contributed by atoms with Crippen LogP contribution >= 0.6 is 11.8 Å². The molecule has 2 heterocycles. The first-order chi connectivity index (χ1) is 13.5. The van der Waals surface area contributed by atoms with Crippen LogP contribution in [0.3, 0.4) is 0 Å². The van der Waals surface area contributed by atoms with E-state index in [9.17, 15) is 20.1 Å². The van der Waals surface area contributed by atoms with Crippen LogP contribution in [0, 0.1) is 6.92 Å². The van der Waals surface area contributed by atoms with Crippen LogP contribution in [0.1, 0.15) is 5.56 Å². The molecule has 28 heavy (non-hydrogen) atoms. The number of benzene rings is 2. The predicted molar refractivity (Wildman–Crippen MR) is 108 cm³/mol. The normalized spacial score (nSPS) is 25.0. The maximum absolute atomic E-state index is 12.6. The fourth-order valence-electron chi connectivity index (χ4n) is 3.37. The zero-order valence-electron chi connectivity index (χ0n) is 15.1. The summed E-state index contributed by atoms with van der Waals surface area (Å²) in [7, 11) is 0. The van der Waals surface area contributed by atoms with Crippen LogP contribution in [0.4, 0.5) is 0 Å². The zero-order valence-corrected chi connectivity index (χ0v) is 15.9. The number of aryl methyl sites for hydroxylation is 1. The summed E-state index contributed by atoms with van der Waals surface area (Å²) in [4.78, 5) is 12.6. The van der Waals surface area contributed by atoms with Crippen molar-refractivity contribution in [1.82, 2.24) is 0 Å². The van der Waals surface area contributed by atoms with Gasteiger partial charge in [-0.25, -0.2) is 4.79 Å². The van der Waals surface area contributed by atoms with Crippen LogP contribution in [0.15, 0.2) is 57.7 Å². The van der Waals surface area contributed by atoms with Crippen LogP contribution in [0.2, 0.25) is 0 Å². The van der Waals surface area contributed by atoms with Crippen LogP contribution in [-0.2, 0) is 0 Å². The largest absolute Gasteiger partial charge is 0.477 e. The van der Waals surface area contributed by atoms with Crippen molar-refractivity contribution in [3.05, 3.63) is 64.5 Å². The van der Waals surface area contributed by atoms with Crippen LogP contribution in [0.5, 0.6) is 5.75 Å². The Morgan fingerprint density at radius 1 is 1.07 bits per heavy atom. The fourth-order valence-corrected chi connectivity index (χ4v) is 4.49. The molecule has 0 saturated carbocycles. The van der Waals surface area contributed by atoms with Gasteiger partial charge in [0.2, 0.25) is 0 Å². The molecule has 3 aromatic rings. The maximum atomic E-state index is 12.6. The summed E-state index contributed by atoms with van der Waals surface area (Å²) < 4.78 is 11.3. The second kappa shape index (κ2) is 7.60. The fraction of sp³-hybridized carbons (Fsp3) is 0.286. The standard InChI is InChI=1S/C21H20O6S/c1-11-14-8-7-13(26-21-19(24)18(23)15(22)10-28-21)9-16(14)27-20(25)17(11)12-5-3-2-4-6-12/h2-9,15,18-19,21-24H,10H2,1H3/t15-,18+,19-,21+/m1/s1. The number of thioether (sulfide) groups is 1. The lowest BCUT2D eigenvalue weighted by atomic mass is 10.00. The van der Waals surface area contributed by atoms with E-state index in [1.807, 2.05) is 37.3 Å². The van der Waals surface area contributed by atoms with Crippen molar-refractivity contribution < 1.29 is 24.5 Å². The molecule has 0 unspecified atom stereocenters. The number of rotatable bonds is 3. The first-order valence-corrected chi connectivity index (χ1v) is 9.96. The molecule has 0 bridgehead atoms. The van der Waals surface area contributed by atoms with Gasteiger partial charge < -0.3 is 24.5 Å². The lowest BCUT2D eigenvalue weighted by Gasteiger charge is -2.34. The van der Waals surface area contributed by atoms with Crippen molar-refractivity contribution >= 4 is 22.7 Å². The van der Waals surface area contributed by atoms with E-state index >= 15 is 0 Å². The average Bonchev–Trinajstić information content (AvgIpc) is 2.69. The highest BCUT2D eigenvalue weighted by Crippen LogP contribution is 2.32. The Morgan fingerprint density at radius 2 is 1.82 bits per heavy atom. The van der Waals surface area contributed by atoms with E-state index in [1.54, 1.807) is 18.2 Å². The first-order valence-electron chi connectivity index (χ1n) is 8.91. The molecule has 0 amide bonds.